The molecule has 0 radical (unpaired) electrons. The number of benzene rings is 2. The van der Waals surface area contributed by atoms with Crippen LogP contribution >= 0.6 is 0 Å². The monoisotopic (exact) mass is 461 g/mol. The van der Waals surface area contributed by atoms with Crippen LogP contribution in [0.3, 0.4) is 0 Å². The van der Waals surface area contributed by atoms with Gasteiger partial charge in [0.2, 0.25) is 5.91 Å². The van der Waals surface area contributed by atoms with E-state index in [-0.39, 0.29) is 30.9 Å². The molecule has 1 fully saturated rings. The Kier molecular flexibility index (Phi) is 8.87. The van der Waals surface area contributed by atoms with Gasteiger partial charge in [-0.1, -0.05) is 12.1 Å². The van der Waals surface area contributed by atoms with E-state index < -0.39 is 11.9 Å². The van der Waals surface area contributed by atoms with Crippen LogP contribution in [-0.2, 0) is 4.79 Å². The standard InChI is InChI=1S/C24H32FN3O5/c1-17-13-27(15-24(30)26-18-8-9-22(31-2)23(12-18)32-3)10-11-28(17)14-19(29)16-33-21-7-5-4-6-20(21)25/h4-9,12,17,19,29H,10-11,13-16H2,1-3H3,(H,26,30)/t17-,19+/m0/s1. The van der Waals surface area contributed by atoms with Crippen molar-refractivity contribution in [1.29, 1.82) is 0 Å². The molecule has 0 aromatic heterocycles. The molecule has 0 unspecified atom stereocenters. The molecule has 0 bridgehead atoms. The van der Waals surface area contributed by atoms with Crippen LogP contribution in [-0.4, -0.2) is 86.5 Å². The predicted octanol–water partition coefficient (Wildman–Crippen LogP) is 2.23. The number of piperazine rings is 1. The Bertz CT molecular complexity index is 929. The number of hydrogen-bond acceptors (Lipinski definition) is 7. The fourth-order valence-corrected chi connectivity index (χ4v) is 3.87. The highest BCUT2D eigenvalue weighted by Gasteiger charge is 2.26. The quantitative estimate of drug-likeness (QED) is 0.561. The molecule has 8 nitrogen and oxygen atoms in total. The molecule has 1 saturated heterocycles. The molecule has 3 rings (SSSR count). The summed E-state index contributed by atoms with van der Waals surface area (Å²) in [6, 6.07) is 11.5. The largest absolute Gasteiger partial charge is 0.493 e. The molecule has 0 aliphatic carbocycles. The summed E-state index contributed by atoms with van der Waals surface area (Å²) in [6.45, 7) is 4.86. The zero-order valence-corrected chi connectivity index (χ0v) is 19.3. The Hall–Kier alpha value is -2.88. The van der Waals surface area contributed by atoms with Gasteiger partial charge >= 0.3 is 0 Å². The summed E-state index contributed by atoms with van der Waals surface area (Å²) in [5.74, 6) is 0.728. The lowest BCUT2D eigenvalue weighted by Crippen LogP contribution is -2.55. The Morgan fingerprint density at radius 2 is 1.91 bits per heavy atom. The van der Waals surface area contributed by atoms with Gasteiger partial charge in [0.05, 0.1) is 20.8 Å². The molecule has 0 spiro atoms. The molecule has 180 valence electrons. The van der Waals surface area contributed by atoms with Gasteiger partial charge in [0.1, 0.15) is 12.7 Å². The Balaban J connectivity index is 1.43. The smallest absolute Gasteiger partial charge is 0.238 e. The van der Waals surface area contributed by atoms with E-state index >= 15 is 0 Å². The Morgan fingerprint density at radius 1 is 1.15 bits per heavy atom. The predicted molar refractivity (Wildman–Crippen MR) is 124 cm³/mol. The number of amides is 1. The molecule has 2 atom stereocenters. The third-order valence-corrected chi connectivity index (χ3v) is 5.60. The summed E-state index contributed by atoms with van der Waals surface area (Å²) in [4.78, 5) is 16.8. The van der Waals surface area contributed by atoms with E-state index in [1.807, 2.05) is 0 Å². The third kappa shape index (κ3) is 7.05. The van der Waals surface area contributed by atoms with Crippen molar-refractivity contribution in [2.45, 2.75) is 19.1 Å². The van der Waals surface area contributed by atoms with E-state index in [0.29, 0.717) is 43.4 Å². The number of aliphatic hydroxyl groups excluding tert-OH is 1. The maximum absolute atomic E-state index is 13.7. The van der Waals surface area contributed by atoms with Crippen molar-refractivity contribution >= 4 is 11.6 Å². The molecular formula is C24H32FN3O5. The highest BCUT2D eigenvalue weighted by atomic mass is 19.1. The van der Waals surface area contributed by atoms with Gasteiger partial charge in [0.15, 0.2) is 23.1 Å². The van der Waals surface area contributed by atoms with E-state index in [2.05, 4.69) is 22.0 Å². The number of halogens is 1. The van der Waals surface area contributed by atoms with Gasteiger partial charge in [-0.05, 0) is 31.2 Å². The van der Waals surface area contributed by atoms with Crippen LogP contribution in [0.5, 0.6) is 17.2 Å². The summed E-state index contributed by atoms with van der Waals surface area (Å²) in [7, 11) is 3.11. The lowest BCUT2D eigenvalue weighted by atomic mass is 10.1. The molecule has 1 heterocycles. The van der Waals surface area contributed by atoms with Gasteiger partial charge in [-0.15, -0.1) is 0 Å². The van der Waals surface area contributed by atoms with Crippen LogP contribution in [0.2, 0.25) is 0 Å². The lowest BCUT2D eigenvalue weighted by Gasteiger charge is -2.40. The van der Waals surface area contributed by atoms with Crippen LogP contribution in [0.15, 0.2) is 42.5 Å². The number of ether oxygens (including phenoxy) is 3. The van der Waals surface area contributed by atoms with Gasteiger partial charge in [-0.2, -0.15) is 0 Å². The molecule has 2 N–H and O–H groups in total. The van der Waals surface area contributed by atoms with Crippen LogP contribution in [0, 0.1) is 5.82 Å². The molecule has 33 heavy (non-hydrogen) atoms. The number of aliphatic hydroxyl groups is 1. The van der Waals surface area contributed by atoms with Gasteiger partial charge in [0.25, 0.3) is 0 Å². The minimum Gasteiger partial charge on any atom is -0.493 e. The number of anilines is 1. The molecule has 1 aliphatic heterocycles. The maximum Gasteiger partial charge on any atom is 0.238 e. The van der Waals surface area contributed by atoms with E-state index in [9.17, 15) is 14.3 Å². The van der Waals surface area contributed by atoms with Crippen LogP contribution < -0.4 is 19.5 Å². The summed E-state index contributed by atoms with van der Waals surface area (Å²) < 4.78 is 29.5. The number of β-amino-alcohol motifs (C(OH)–C–C–N with tert-alkyl or cyclic N) is 1. The number of nitrogens with zero attached hydrogens (tertiary/aromatic N) is 2. The zero-order valence-electron chi connectivity index (χ0n) is 19.3. The van der Waals surface area contributed by atoms with Crippen molar-refractivity contribution in [2.24, 2.45) is 0 Å². The minimum atomic E-state index is -0.744. The van der Waals surface area contributed by atoms with Crippen molar-refractivity contribution in [1.82, 2.24) is 9.80 Å². The molecule has 2 aromatic carbocycles. The first-order valence-corrected chi connectivity index (χ1v) is 10.9. The summed E-state index contributed by atoms with van der Waals surface area (Å²) in [5.41, 5.74) is 0.641. The molecule has 0 saturated carbocycles. The second-order valence-corrected chi connectivity index (χ2v) is 8.09. The second-order valence-electron chi connectivity index (χ2n) is 8.09. The number of carbonyl (C=O) groups excluding carboxylic acids is 1. The van der Waals surface area contributed by atoms with Crippen molar-refractivity contribution < 1.29 is 28.5 Å². The molecule has 1 amide bonds. The van der Waals surface area contributed by atoms with Crippen LogP contribution in [0.1, 0.15) is 6.92 Å². The van der Waals surface area contributed by atoms with Gasteiger partial charge in [-0.3, -0.25) is 14.6 Å². The number of hydrogen-bond donors (Lipinski definition) is 2. The van der Waals surface area contributed by atoms with Crippen molar-refractivity contribution in [2.75, 3.05) is 58.9 Å². The maximum atomic E-state index is 13.7. The fourth-order valence-electron chi connectivity index (χ4n) is 3.87. The molecular weight excluding hydrogens is 429 g/mol. The number of methoxy groups -OCH3 is 2. The van der Waals surface area contributed by atoms with Crippen molar-refractivity contribution in [3.63, 3.8) is 0 Å². The van der Waals surface area contributed by atoms with E-state index in [0.717, 1.165) is 0 Å². The molecule has 9 heteroatoms. The zero-order chi connectivity index (χ0) is 23.8. The normalized spacial score (nSPS) is 17.9. The number of carbonyl (C=O) groups is 1. The average molecular weight is 462 g/mol. The second kappa shape index (κ2) is 11.8. The molecule has 2 aromatic rings. The van der Waals surface area contributed by atoms with Crippen molar-refractivity contribution in [3.8, 4) is 17.2 Å². The van der Waals surface area contributed by atoms with Crippen LogP contribution in [0.4, 0.5) is 10.1 Å². The van der Waals surface area contributed by atoms with E-state index in [1.165, 1.54) is 12.1 Å². The Morgan fingerprint density at radius 3 is 2.61 bits per heavy atom. The topological polar surface area (TPSA) is 83.5 Å². The lowest BCUT2D eigenvalue weighted by molar-refractivity contribution is -0.118. The average Bonchev–Trinajstić information content (AvgIpc) is 2.80. The SMILES string of the molecule is COc1ccc(NC(=O)CN2CCN(C[C@@H](O)COc3ccccc3F)[C@@H](C)C2)cc1OC. The van der Waals surface area contributed by atoms with Gasteiger partial charge < -0.3 is 24.6 Å². The van der Waals surface area contributed by atoms with Gasteiger partial charge in [0, 0.05) is 44.0 Å². The number of rotatable bonds is 10. The number of nitrogens with one attached hydrogen (secondary N) is 1. The highest BCUT2D eigenvalue weighted by molar-refractivity contribution is 5.92. The summed E-state index contributed by atoms with van der Waals surface area (Å²) >= 11 is 0. The molecule has 1 aliphatic rings. The summed E-state index contributed by atoms with van der Waals surface area (Å²) in [5, 5.41) is 13.2. The first-order chi connectivity index (χ1) is 15.9. The highest BCUT2D eigenvalue weighted by Crippen LogP contribution is 2.29. The first-order valence-electron chi connectivity index (χ1n) is 10.9. The minimum absolute atomic E-state index is 0.0155. The number of para-hydroxylation sites is 1. The van der Waals surface area contributed by atoms with Crippen molar-refractivity contribution in [3.05, 3.63) is 48.3 Å². The Labute approximate surface area is 193 Å². The van der Waals surface area contributed by atoms with E-state index in [1.54, 1.807) is 44.6 Å². The third-order valence-electron chi connectivity index (χ3n) is 5.60. The van der Waals surface area contributed by atoms with E-state index in [4.69, 9.17) is 14.2 Å². The summed E-state index contributed by atoms with van der Waals surface area (Å²) in [6.07, 6.45) is -0.744. The van der Waals surface area contributed by atoms with Gasteiger partial charge in [-0.25, -0.2) is 4.39 Å². The first kappa shape index (κ1) is 24.8. The fraction of sp³-hybridized carbons (Fsp3) is 0.458. The van der Waals surface area contributed by atoms with Crippen LogP contribution in [0.25, 0.3) is 0 Å².